The molecule has 22 heteroatoms. The Morgan fingerprint density at radius 1 is 0.516 bits per heavy atom. The number of carbonyl (C=O) groups excluding carboxylic acids is 3. The second-order valence-corrected chi connectivity index (χ2v) is 13.5. The van der Waals surface area contributed by atoms with Crippen LogP contribution in [0.1, 0.15) is 47.8 Å². The van der Waals surface area contributed by atoms with E-state index in [2.05, 4.69) is 56.5 Å². The maximum Gasteiger partial charge on any atom is 0.252 e. The number of fused-ring (bicyclic) bond motifs is 3. The number of rotatable bonds is 10. The van der Waals surface area contributed by atoms with Crippen molar-refractivity contribution in [2.24, 2.45) is 0 Å². The van der Waals surface area contributed by atoms with E-state index in [1.54, 1.807) is 84.3 Å². The lowest BCUT2D eigenvalue weighted by Gasteiger charge is -2.14. The zero-order valence-corrected chi connectivity index (χ0v) is 36.1. The van der Waals surface area contributed by atoms with Crippen molar-refractivity contribution in [1.82, 2.24) is 45.9 Å². The molecule has 0 saturated heterocycles. The summed E-state index contributed by atoms with van der Waals surface area (Å²) in [5.74, 6) is 4.21. The molecule has 0 atom stereocenters. The molecule has 0 aliphatic carbocycles. The zero-order valence-electron chi connectivity index (χ0n) is 35.4. The van der Waals surface area contributed by atoms with E-state index < -0.39 is 0 Å². The molecule has 9 rings (SSSR count). The fourth-order valence-corrected chi connectivity index (χ4v) is 6.75. The minimum atomic E-state index is -0.0885. The van der Waals surface area contributed by atoms with Crippen LogP contribution in [0.4, 0.5) is 28.7 Å². The third-order valence-electron chi connectivity index (χ3n) is 9.59. The summed E-state index contributed by atoms with van der Waals surface area (Å²) in [5.41, 5.74) is 12.1. The van der Waals surface area contributed by atoms with Crippen molar-refractivity contribution in [3.05, 3.63) is 113 Å². The van der Waals surface area contributed by atoms with Gasteiger partial charge in [-0.25, -0.2) is 29.9 Å². The number of carbonyl (C=O) groups is 3. The largest absolute Gasteiger partial charge is 0.494 e. The maximum atomic E-state index is 11.7. The number of nitrogens with zero attached hydrogens (tertiary/aromatic N) is 6. The van der Waals surface area contributed by atoms with Gasteiger partial charge in [0.05, 0.1) is 78.3 Å². The highest BCUT2D eigenvalue weighted by Gasteiger charge is 2.27. The Morgan fingerprint density at radius 3 is 1.27 bits per heavy atom. The molecule has 6 heterocycles. The highest BCUT2D eigenvalue weighted by Crippen LogP contribution is 2.38. The summed E-state index contributed by atoms with van der Waals surface area (Å²) >= 11 is 5.55. The molecule has 0 bridgehead atoms. The topological polar surface area (TPSA) is 270 Å². The summed E-state index contributed by atoms with van der Waals surface area (Å²) in [5, 5.41) is 14.9. The Balaban J connectivity index is 0.000000149. The number of methoxy groups -OCH3 is 6. The quantitative estimate of drug-likeness (QED) is 0.0809. The lowest BCUT2D eigenvalue weighted by atomic mass is 10.1. The number of nitrogens with two attached hydrogens (primary N) is 1. The van der Waals surface area contributed by atoms with Gasteiger partial charge < -0.3 is 60.7 Å². The average Bonchev–Trinajstić information content (AvgIpc) is 4.02. The number of hydrogen-bond acceptors (Lipinski definition) is 18. The summed E-state index contributed by atoms with van der Waals surface area (Å²) in [6, 6.07) is 10.5. The number of benzene rings is 3. The van der Waals surface area contributed by atoms with Crippen LogP contribution in [-0.2, 0) is 19.6 Å². The molecule has 0 saturated carbocycles. The lowest BCUT2D eigenvalue weighted by Crippen LogP contribution is -2.12. The van der Waals surface area contributed by atoms with E-state index in [0.29, 0.717) is 105 Å². The van der Waals surface area contributed by atoms with E-state index in [1.165, 1.54) is 32.3 Å². The molecule has 0 unspecified atom stereocenters. The second kappa shape index (κ2) is 21.1. The van der Waals surface area contributed by atoms with Crippen molar-refractivity contribution in [3.63, 3.8) is 0 Å². The molecule has 21 nitrogen and oxygen atoms in total. The minimum Gasteiger partial charge on any atom is -0.494 e. The Kier molecular flexibility index (Phi) is 14.9. The van der Waals surface area contributed by atoms with E-state index in [9.17, 15) is 14.4 Å². The van der Waals surface area contributed by atoms with Gasteiger partial charge in [-0.3, -0.25) is 14.4 Å². The molecule has 7 N–H and O–H groups in total. The zero-order chi connectivity index (χ0) is 45.8. The van der Waals surface area contributed by atoms with E-state index in [0.717, 1.165) is 16.7 Å². The second-order valence-electron chi connectivity index (χ2n) is 13.1. The number of halogens is 1. The van der Waals surface area contributed by atoms with Crippen LogP contribution in [0, 0.1) is 0 Å². The van der Waals surface area contributed by atoms with Crippen molar-refractivity contribution >= 4 is 58.0 Å². The van der Waals surface area contributed by atoms with Gasteiger partial charge in [0, 0.05) is 53.0 Å². The normalized spacial score (nSPS) is 12.3. The van der Waals surface area contributed by atoms with E-state index in [4.69, 9.17) is 45.8 Å². The Hall–Kier alpha value is -8.20. The molecule has 0 fully saturated rings. The molecule has 3 amide bonds. The first-order chi connectivity index (χ1) is 31.1. The molecule has 64 heavy (non-hydrogen) atoms. The third-order valence-corrected chi connectivity index (χ3v) is 9.88. The van der Waals surface area contributed by atoms with Gasteiger partial charge in [-0.15, -0.1) is 0 Å². The third kappa shape index (κ3) is 9.95. The van der Waals surface area contributed by atoms with Gasteiger partial charge in [0.15, 0.2) is 34.0 Å². The Labute approximate surface area is 371 Å². The first kappa shape index (κ1) is 45.3. The minimum absolute atomic E-state index is 0.0618. The van der Waals surface area contributed by atoms with Crippen LogP contribution in [0.15, 0.2) is 74.0 Å². The summed E-state index contributed by atoms with van der Waals surface area (Å²) in [6.45, 7) is 1.41. The monoisotopic (exact) mass is 894 g/mol. The predicted molar refractivity (Wildman–Crippen MR) is 234 cm³/mol. The van der Waals surface area contributed by atoms with Gasteiger partial charge in [-0.2, -0.15) is 0 Å². The van der Waals surface area contributed by atoms with Crippen LogP contribution < -0.4 is 60.7 Å². The maximum absolute atomic E-state index is 11.7. The van der Waals surface area contributed by atoms with Gasteiger partial charge in [-0.1, -0.05) is 11.6 Å². The van der Waals surface area contributed by atoms with Crippen LogP contribution in [-0.4, -0.2) is 90.3 Å². The molecule has 3 aromatic heterocycles. The van der Waals surface area contributed by atoms with Gasteiger partial charge in [-0.05, 0) is 36.4 Å². The highest BCUT2D eigenvalue weighted by atomic mass is 35.5. The van der Waals surface area contributed by atoms with Gasteiger partial charge >= 0.3 is 0 Å². The number of aromatic nitrogens is 6. The van der Waals surface area contributed by atoms with E-state index in [-0.39, 0.29) is 17.7 Å². The number of nitrogens with one attached hydrogen (secondary N) is 5. The first-order valence-electron chi connectivity index (χ1n) is 19.0. The number of nitrogen functional groups attached to an aromatic ring is 1. The van der Waals surface area contributed by atoms with Crippen molar-refractivity contribution in [1.29, 1.82) is 0 Å². The molecule has 0 radical (unpaired) electrons. The van der Waals surface area contributed by atoms with Crippen molar-refractivity contribution in [2.75, 3.05) is 59.0 Å². The van der Waals surface area contributed by atoms with Crippen molar-refractivity contribution in [2.45, 2.75) is 19.6 Å². The smallest absolute Gasteiger partial charge is 0.252 e. The molecule has 3 aliphatic rings. The van der Waals surface area contributed by atoms with Crippen molar-refractivity contribution < 1.29 is 42.8 Å². The molecule has 6 aromatic rings. The van der Waals surface area contributed by atoms with E-state index in [1.807, 2.05) is 0 Å². The highest BCUT2D eigenvalue weighted by molar-refractivity contribution is 6.30. The summed E-state index contributed by atoms with van der Waals surface area (Å²) < 4.78 is 31.2. The first-order valence-corrected chi connectivity index (χ1v) is 19.4. The van der Waals surface area contributed by atoms with Crippen LogP contribution in [0.25, 0.3) is 0 Å². The molecule has 332 valence electrons. The van der Waals surface area contributed by atoms with Crippen LogP contribution in [0.5, 0.6) is 34.5 Å². The van der Waals surface area contributed by atoms with E-state index >= 15 is 0 Å². The standard InChI is InChI=1S/2C14H14N4O3.C9H10N2O2.C5H5ClN2O/c2*1-20-11-6-15-7-17-13(11)18-10-4-3-8-9(12(10)21-2)5-16-14(8)19;1-13-8-6-4-11-9(12)5(6)2-3-7(8)10;1-9-4-2-7-3-8-5(4)6/h2*3-4,6-7H,5H2,1-2H3,(H,16,19)(H,15,17,18);2-3H,4,10H2,1H3,(H,11,12);2-3H,1H3. The SMILES string of the molecule is COc1c(N)ccc2c1CNC2=O.COc1cncnc1Cl.COc1cncnc1Nc1ccc2c(c1OC)CNC2=O.COc1cncnc1Nc1ccc2c(c1OC)CNC2=O. The van der Waals surface area contributed by atoms with Gasteiger partial charge in [0.1, 0.15) is 36.2 Å². The van der Waals surface area contributed by atoms with Crippen LogP contribution in [0.2, 0.25) is 5.15 Å². The number of ether oxygens (including phenoxy) is 6. The molecule has 0 spiro atoms. The summed E-state index contributed by atoms with van der Waals surface area (Å²) in [6.07, 6.45) is 8.87. The van der Waals surface area contributed by atoms with Gasteiger partial charge in [0.25, 0.3) is 17.7 Å². The fourth-order valence-electron chi connectivity index (χ4n) is 6.58. The Bertz CT molecular complexity index is 2550. The van der Waals surface area contributed by atoms with Crippen LogP contribution >= 0.6 is 11.6 Å². The summed E-state index contributed by atoms with van der Waals surface area (Å²) in [7, 11) is 9.31. The Morgan fingerprint density at radius 2 is 0.891 bits per heavy atom. The average molecular weight is 895 g/mol. The molecule has 3 aromatic carbocycles. The number of anilines is 5. The fraction of sp³-hybridized carbons (Fsp3) is 0.214. The number of hydrogen-bond donors (Lipinski definition) is 6. The molecular formula is C42H43ClN12O9. The predicted octanol–water partition coefficient (Wildman–Crippen LogP) is 4.62. The lowest BCUT2D eigenvalue weighted by molar-refractivity contribution is 0.0957. The molecule has 3 aliphatic heterocycles. The number of amides is 3. The van der Waals surface area contributed by atoms with Crippen molar-refractivity contribution in [3.8, 4) is 34.5 Å². The van der Waals surface area contributed by atoms with Crippen LogP contribution in [0.3, 0.4) is 0 Å². The van der Waals surface area contributed by atoms with Gasteiger partial charge in [0.2, 0.25) is 0 Å². The summed E-state index contributed by atoms with van der Waals surface area (Å²) in [4.78, 5) is 58.1. The molecular weight excluding hydrogens is 852 g/mol.